The Bertz CT molecular complexity index is 1680. The highest BCUT2D eigenvalue weighted by Crippen LogP contribution is 2.33. The molecule has 0 spiro atoms. The standard InChI is InChI=1S/C20H18O8.C16H18N2O/c1-11-7-3-5-9-13(11)15(21)19(27,17(23)24)20(28,18(25)26)16(22)14-10-6-4-8-12(14)2;1-18(12-13-8-4-2-5-9-13)16(19)15(17)14-10-6-3-7-11-14/h3-10,27-28H,1-2H3,(H,23,24)(H,25,26);2-11,15H,12,17H2,1H3/t19-,20-;15-/m00/s1. The largest absolute Gasteiger partial charge is 0.479 e. The fourth-order valence-corrected chi connectivity index (χ4v) is 4.85. The quantitative estimate of drug-likeness (QED) is 0.120. The van der Waals surface area contributed by atoms with E-state index in [4.69, 9.17) is 5.73 Å². The predicted molar refractivity (Wildman–Crippen MR) is 172 cm³/mol. The van der Waals surface area contributed by atoms with Crippen molar-refractivity contribution in [2.24, 2.45) is 5.73 Å². The lowest BCUT2D eigenvalue weighted by Crippen LogP contribution is -2.71. The van der Waals surface area contributed by atoms with Gasteiger partial charge in [0, 0.05) is 24.7 Å². The van der Waals surface area contributed by atoms with Crippen molar-refractivity contribution < 1.29 is 44.4 Å². The molecule has 0 radical (unpaired) electrons. The predicted octanol–water partition coefficient (Wildman–Crippen LogP) is 3.35. The van der Waals surface area contributed by atoms with Crippen LogP contribution < -0.4 is 5.73 Å². The van der Waals surface area contributed by atoms with Crippen molar-refractivity contribution in [3.05, 3.63) is 143 Å². The Kier molecular flexibility index (Phi) is 11.6. The normalized spacial score (nSPS) is 13.8. The van der Waals surface area contributed by atoms with Crippen LogP contribution in [0.4, 0.5) is 0 Å². The molecular formula is C36H36N2O9. The number of Topliss-reactive ketones (excluding diaryl/α,β-unsaturated/α-hetero) is 2. The average molecular weight is 641 g/mol. The monoisotopic (exact) mass is 640 g/mol. The van der Waals surface area contributed by atoms with Gasteiger partial charge < -0.3 is 31.1 Å². The Hall–Kier alpha value is -5.49. The number of amides is 1. The molecule has 47 heavy (non-hydrogen) atoms. The molecule has 0 aliphatic heterocycles. The van der Waals surface area contributed by atoms with Crippen molar-refractivity contribution in [3.63, 3.8) is 0 Å². The first-order valence-corrected chi connectivity index (χ1v) is 14.4. The van der Waals surface area contributed by atoms with Crippen LogP contribution in [0.2, 0.25) is 0 Å². The Labute approximate surface area is 271 Å². The highest BCUT2D eigenvalue weighted by atomic mass is 16.5. The Morgan fingerprint density at radius 1 is 0.638 bits per heavy atom. The van der Waals surface area contributed by atoms with Crippen molar-refractivity contribution in [1.82, 2.24) is 4.90 Å². The van der Waals surface area contributed by atoms with Crippen LogP contribution in [0.5, 0.6) is 0 Å². The minimum absolute atomic E-state index is 0.0740. The number of ketones is 2. The number of rotatable bonds is 11. The number of benzene rings is 4. The van der Waals surface area contributed by atoms with Crippen molar-refractivity contribution in [3.8, 4) is 0 Å². The first kappa shape index (κ1) is 36.0. The van der Waals surface area contributed by atoms with E-state index in [0.29, 0.717) is 6.54 Å². The van der Waals surface area contributed by atoms with Gasteiger partial charge in [-0.25, -0.2) is 9.59 Å². The number of aryl methyl sites for hydroxylation is 2. The maximum atomic E-state index is 12.9. The van der Waals surface area contributed by atoms with Crippen LogP contribution in [0.3, 0.4) is 0 Å². The third-order valence-electron chi connectivity index (χ3n) is 7.64. The van der Waals surface area contributed by atoms with Crippen molar-refractivity contribution in [1.29, 1.82) is 0 Å². The van der Waals surface area contributed by atoms with Gasteiger partial charge in [-0.05, 0) is 36.1 Å². The second-order valence-corrected chi connectivity index (χ2v) is 10.9. The molecule has 11 nitrogen and oxygen atoms in total. The summed E-state index contributed by atoms with van der Waals surface area (Å²) in [4.78, 5) is 63.4. The van der Waals surface area contributed by atoms with Crippen LogP contribution >= 0.6 is 0 Å². The second-order valence-electron chi connectivity index (χ2n) is 10.9. The summed E-state index contributed by atoms with van der Waals surface area (Å²) in [6.45, 7) is 3.43. The number of carboxylic acids is 2. The van der Waals surface area contributed by atoms with Crippen molar-refractivity contribution >= 4 is 29.4 Å². The highest BCUT2D eigenvalue weighted by molar-refractivity contribution is 6.28. The molecule has 0 saturated carbocycles. The summed E-state index contributed by atoms with van der Waals surface area (Å²) >= 11 is 0. The van der Waals surface area contributed by atoms with E-state index in [1.165, 1.54) is 50.2 Å². The van der Waals surface area contributed by atoms with Crippen LogP contribution in [0, 0.1) is 13.8 Å². The topological polar surface area (TPSA) is 196 Å². The number of likely N-dealkylation sites (N-methyl/N-ethyl adjacent to an activating group) is 1. The molecule has 244 valence electrons. The van der Waals surface area contributed by atoms with E-state index in [2.05, 4.69) is 0 Å². The van der Waals surface area contributed by atoms with Gasteiger partial charge in [-0.1, -0.05) is 109 Å². The second kappa shape index (κ2) is 15.2. The molecule has 1 amide bonds. The van der Waals surface area contributed by atoms with E-state index in [0.717, 1.165) is 23.3 Å². The van der Waals surface area contributed by atoms with Crippen LogP contribution in [0.1, 0.15) is 49.0 Å². The maximum Gasteiger partial charge on any atom is 0.348 e. The molecule has 0 aliphatic carbocycles. The molecule has 0 aliphatic rings. The zero-order valence-electron chi connectivity index (χ0n) is 26.0. The number of carbonyl (C=O) groups excluding carboxylic acids is 3. The molecule has 0 heterocycles. The SMILES string of the molecule is CN(Cc1ccccc1)C(=O)[C@@H](N)c1ccccc1.Cc1ccccc1C(=O)[C@](O)(C(=O)O)[C@@](O)(C(=O)O)C(=O)c1ccccc1C. The number of nitrogens with zero attached hydrogens (tertiary/aromatic N) is 1. The molecule has 6 N–H and O–H groups in total. The van der Waals surface area contributed by atoms with Crippen LogP contribution in [-0.2, 0) is 20.9 Å². The van der Waals surface area contributed by atoms with E-state index in [-0.39, 0.29) is 28.2 Å². The first-order valence-electron chi connectivity index (χ1n) is 14.4. The van der Waals surface area contributed by atoms with E-state index >= 15 is 0 Å². The number of hydrogen-bond acceptors (Lipinski definition) is 8. The summed E-state index contributed by atoms with van der Waals surface area (Å²) in [5.74, 6) is -8.05. The molecule has 3 atom stereocenters. The lowest BCUT2D eigenvalue weighted by molar-refractivity contribution is -0.187. The van der Waals surface area contributed by atoms with Crippen LogP contribution in [0.25, 0.3) is 0 Å². The number of carboxylic acid groups (broad SMARTS) is 2. The summed E-state index contributed by atoms with van der Waals surface area (Å²) in [6, 6.07) is 29.7. The van der Waals surface area contributed by atoms with Gasteiger partial charge in [0.05, 0.1) is 0 Å². The van der Waals surface area contributed by atoms with Gasteiger partial charge in [0.25, 0.3) is 11.2 Å². The Balaban J connectivity index is 0.000000274. The number of hydrogen-bond donors (Lipinski definition) is 5. The summed E-state index contributed by atoms with van der Waals surface area (Å²) < 4.78 is 0. The minimum atomic E-state index is -3.97. The molecule has 4 aromatic carbocycles. The van der Waals surface area contributed by atoms with E-state index in [9.17, 15) is 44.4 Å². The van der Waals surface area contributed by atoms with Gasteiger partial charge in [-0.15, -0.1) is 0 Å². The minimum Gasteiger partial charge on any atom is -0.479 e. The average Bonchev–Trinajstić information content (AvgIpc) is 3.07. The third kappa shape index (κ3) is 7.50. The summed E-state index contributed by atoms with van der Waals surface area (Å²) in [7, 11) is 1.78. The highest BCUT2D eigenvalue weighted by Gasteiger charge is 2.70. The molecular weight excluding hydrogens is 604 g/mol. The number of nitrogens with two attached hydrogens (primary N) is 1. The smallest absolute Gasteiger partial charge is 0.348 e. The fraction of sp³-hybridized carbons (Fsp3) is 0.194. The van der Waals surface area contributed by atoms with E-state index in [1.54, 1.807) is 11.9 Å². The lowest BCUT2D eigenvalue weighted by atomic mass is 9.72. The summed E-state index contributed by atoms with van der Waals surface area (Å²) in [6.07, 6.45) is 0. The first-order chi connectivity index (χ1) is 22.2. The van der Waals surface area contributed by atoms with Gasteiger partial charge in [0.2, 0.25) is 17.5 Å². The molecule has 4 aromatic rings. The van der Waals surface area contributed by atoms with E-state index < -0.39 is 40.7 Å². The molecule has 0 saturated heterocycles. The van der Waals surface area contributed by atoms with Crippen molar-refractivity contribution in [2.45, 2.75) is 37.6 Å². The number of carbonyl (C=O) groups is 5. The molecule has 0 bridgehead atoms. The summed E-state index contributed by atoms with van der Waals surface area (Å²) in [5.41, 5.74) is -0.233. The van der Waals surface area contributed by atoms with Crippen LogP contribution in [0.15, 0.2) is 109 Å². The van der Waals surface area contributed by atoms with Gasteiger partial charge in [0.1, 0.15) is 6.04 Å². The molecule has 4 rings (SSSR count). The lowest BCUT2D eigenvalue weighted by Gasteiger charge is -2.35. The zero-order valence-corrected chi connectivity index (χ0v) is 26.0. The Morgan fingerprint density at radius 3 is 1.38 bits per heavy atom. The molecule has 11 heteroatoms. The molecule has 0 fully saturated rings. The Morgan fingerprint density at radius 2 is 1.00 bits per heavy atom. The molecule has 0 aromatic heterocycles. The third-order valence-corrected chi connectivity index (χ3v) is 7.64. The fourth-order valence-electron chi connectivity index (χ4n) is 4.85. The number of aliphatic hydroxyl groups is 2. The zero-order chi connectivity index (χ0) is 34.9. The number of aliphatic carboxylic acids is 2. The van der Waals surface area contributed by atoms with Gasteiger partial charge >= 0.3 is 11.9 Å². The van der Waals surface area contributed by atoms with Gasteiger partial charge in [-0.2, -0.15) is 0 Å². The van der Waals surface area contributed by atoms with Crippen molar-refractivity contribution in [2.75, 3.05) is 7.05 Å². The van der Waals surface area contributed by atoms with E-state index in [1.807, 2.05) is 60.7 Å². The summed E-state index contributed by atoms with van der Waals surface area (Å²) in [5, 5.41) is 40.6. The molecule has 0 unspecified atom stereocenters. The van der Waals surface area contributed by atoms with Crippen LogP contribution in [-0.4, -0.2) is 73.0 Å². The maximum absolute atomic E-state index is 12.9. The van der Waals surface area contributed by atoms with Gasteiger partial charge in [0.15, 0.2) is 0 Å². The van der Waals surface area contributed by atoms with Gasteiger partial charge in [-0.3, -0.25) is 14.4 Å².